The topological polar surface area (TPSA) is 70.0 Å². The zero-order valence-corrected chi connectivity index (χ0v) is 9.30. The highest BCUT2D eigenvalue weighted by molar-refractivity contribution is 5.93. The molecule has 16 heavy (non-hydrogen) atoms. The fourth-order valence-corrected chi connectivity index (χ4v) is 1.09. The number of para-hydroxylation sites is 1. The van der Waals surface area contributed by atoms with Gasteiger partial charge in [-0.25, -0.2) is 4.79 Å². The maximum Gasteiger partial charge on any atom is 0.342 e. The number of ether oxygens (including phenoxy) is 1. The quantitative estimate of drug-likeness (QED) is 0.586. The molecular weight excluding hydrogens is 210 g/mol. The first-order valence-electron chi connectivity index (χ1n) is 4.85. The fourth-order valence-electron chi connectivity index (χ4n) is 1.09. The lowest BCUT2D eigenvalue weighted by atomic mass is 10.2. The Balaban J connectivity index is 2.63. The molecule has 1 aromatic carbocycles. The van der Waals surface area contributed by atoms with Crippen LogP contribution in [0.1, 0.15) is 10.4 Å². The van der Waals surface area contributed by atoms with E-state index in [2.05, 4.69) is 0 Å². The normalized spacial score (nSPS) is 10.4. The van der Waals surface area contributed by atoms with Crippen molar-refractivity contribution in [3.05, 3.63) is 23.8 Å². The maximum absolute atomic E-state index is 11.5. The van der Waals surface area contributed by atoms with E-state index in [0.29, 0.717) is 6.54 Å². The fraction of sp³-hybridized carbons (Fsp3) is 0.364. The Morgan fingerprint density at radius 1 is 1.38 bits per heavy atom. The van der Waals surface area contributed by atoms with Crippen LogP contribution in [0.15, 0.2) is 18.2 Å². The summed E-state index contributed by atoms with van der Waals surface area (Å²) in [6.45, 7) is 0.840. The van der Waals surface area contributed by atoms with E-state index < -0.39 is 11.7 Å². The van der Waals surface area contributed by atoms with Gasteiger partial charge in [0.1, 0.15) is 12.2 Å². The molecule has 0 radical (unpaired) electrons. The second-order valence-corrected chi connectivity index (χ2v) is 3.61. The second kappa shape index (κ2) is 5.37. The Bertz CT molecular complexity index is 376. The van der Waals surface area contributed by atoms with Crippen molar-refractivity contribution in [1.82, 2.24) is 4.90 Å². The van der Waals surface area contributed by atoms with Crippen LogP contribution in [0, 0.1) is 0 Å². The number of benzene rings is 1. The Labute approximate surface area is 93.9 Å². The van der Waals surface area contributed by atoms with Gasteiger partial charge in [0.05, 0.1) is 0 Å². The van der Waals surface area contributed by atoms with Crippen LogP contribution >= 0.6 is 0 Å². The van der Waals surface area contributed by atoms with Gasteiger partial charge in [0, 0.05) is 6.54 Å². The van der Waals surface area contributed by atoms with Crippen LogP contribution in [-0.2, 0) is 4.74 Å². The lowest BCUT2D eigenvalue weighted by Crippen LogP contribution is -2.20. The van der Waals surface area contributed by atoms with Crippen LogP contribution in [0.4, 0.5) is 0 Å². The summed E-state index contributed by atoms with van der Waals surface area (Å²) in [6, 6.07) is 4.16. The molecule has 0 saturated heterocycles. The number of nitrogens with zero attached hydrogens (tertiary/aromatic N) is 1. The maximum atomic E-state index is 11.5. The van der Waals surface area contributed by atoms with E-state index in [1.54, 1.807) is 0 Å². The molecule has 1 rings (SSSR count). The summed E-state index contributed by atoms with van der Waals surface area (Å²) in [5, 5.41) is 18.6. The summed E-state index contributed by atoms with van der Waals surface area (Å²) < 4.78 is 4.92. The predicted octanol–water partition coefficient (Wildman–Crippen LogP) is 0.816. The molecule has 88 valence electrons. The van der Waals surface area contributed by atoms with Gasteiger partial charge in [-0.05, 0) is 26.2 Å². The van der Waals surface area contributed by atoms with Crippen molar-refractivity contribution in [3.63, 3.8) is 0 Å². The van der Waals surface area contributed by atoms with E-state index in [-0.39, 0.29) is 17.9 Å². The smallest absolute Gasteiger partial charge is 0.342 e. The number of carbonyl (C=O) groups is 1. The van der Waals surface area contributed by atoms with E-state index >= 15 is 0 Å². The van der Waals surface area contributed by atoms with Gasteiger partial charge in [-0.2, -0.15) is 0 Å². The number of carbonyl (C=O) groups excluding carboxylic acids is 1. The third kappa shape index (κ3) is 3.13. The molecular formula is C11H15NO4. The van der Waals surface area contributed by atoms with Crippen molar-refractivity contribution in [2.75, 3.05) is 27.2 Å². The monoisotopic (exact) mass is 225 g/mol. The molecule has 0 fully saturated rings. The summed E-state index contributed by atoms with van der Waals surface area (Å²) >= 11 is 0. The van der Waals surface area contributed by atoms with Crippen LogP contribution in [0.25, 0.3) is 0 Å². The average molecular weight is 225 g/mol. The SMILES string of the molecule is CN(C)CCOC(=O)c1cccc(O)c1O. The molecule has 5 heteroatoms. The summed E-state index contributed by atoms with van der Waals surface area (Å²) in [5.74, 6) is -1.42. The highest BCUT2D eigenvalue weighted by Crippen LogP contribution is 2.28. The first-order valence-corrected chi connectivity index (χ1v) is 4.85. The van der Waals surface area contributed by atoms with Crippen LogP contribution in [0.3, 0.4) is 0 Å². The highest BCUT2D eigenvalue weighted by atomic mass is 16.5. The molecule has 0 spiro atoms. The molecule has 0 bridgehead atoms. The third-order valence-electron chi connectivity index (χ3n) is 2.01. The first-order chi connectivity index (χ1) is 7.52. The Morgan fingerprint density at radius 3 is 2.69 bits per heavy atom. The Hall–Kier alpha value is -1.75. The van der Waals surface area contributed by atoms with Crippen LogP contribution in [0.2, 0.25) is 0 Å². The molecule has 0 atom stereocenters. The number of esters is 1. The molecule has 0 aliphatic heterocycles. The number of hydrogen-bond acceptors (Lipinski definition) is 5. The van der Waals surface area contributed by atoms with Crippen LogP contribution in [-0.4, -0.2) is 48.3 Å². The van der Waals surface area contributed by atoms with E-state index in [0.717, 1.165) is 0 Å². The number of rotatable bonds is 4. The van der Waals surface area contributed by atoms with Gasteiger partial charge in [-0.3, -0.25) is 0 Å². The zero-order chi connectivity index (χ0) is 12.1. The molecule has 5 nitrogen and oxygen atoms in total. The van der Waals surface area contributed by atoms with Gasteiger partial charge < -0.3 is 19.8 Å². The van der Waals surface area contributed by atoms with E-state index in [4.69, 9.17) is 4.74 Å². The lowest BCUT2D eigenvalue weighted by molar-refractivity contribution is 0.0478. The van der Waals surface area contributed by atoms with Gasteiger partial charge in [-0.1, -0.05) is 6.07 Å². The molecule has 0 aliphatic carbocycles. The van der Waals surface area contributed by atoms with E-state index in [1.165, 1.54) is 18.2 Å². The molecule has 1 aromatic rings. The minimum atomic E-state index is -0.643. The number of hydrogen-bond donors (Lipinski definition) is 2. The summed E-state index contributed by atoms with van der Waals surface area (Å²) in [4.78, 5) is 13.4. The van der Waals surface area contributed by atoms with E-state index in [1.807, 2.05) is 19.0 Å². The van der Waals surface area contributed by atoms with Crippen molar-refractivity contribution < 1.29 is 19.7 Å². The minimum absolute atomic E-state index is 0.0289. The molecule has 2 N–H and O–H groups in total. The van der Waals surface area contributed by atoms with Gasteiger partial charge in [0.2, 0.25) is 0 Å². The number of likely N-dealkylation sites (N-methyl/N-ethyl adjacent to an activating group) is 1. The molecule has 0 aliphatic rings. The average Bonchev–Trinajstić information content (AvgIpc) is 2.21. The molecule has 0 amide bonds. The first kappa shape index (κ1) is 12.3. The van der Waals surface area contributed by atoms with E-state index in [9.17, 15) is 15.0 Å². The largest absolute Gasteiger partial charge is 0.504 e. The molecule has 0 unspecified atom stereocenters. The van der Waals surface area contributed by atoms with Crippen molar-refractivity contribution in [2.45, 2.75) is 0 Å². The number of aromatic hydroxyl groups is 2. The van der Waals surface area contributed by atoms with Gasteiger partial charge in [0.15, 0.2) is 11.5 Å². The lowest BCUT2D eigenvalue weighted by Gasteiger charge is -2.10. The van der Waals surface area contributed by atoms with Crippen molar-refractivity contribution in [2.24, 2.45) is 0 Å². The summed E-state index contributed by atoms with van der Waals surface area (Å²) in [6.07, 6.45) is 0. The third-order valence-corrected chi connectivity index (χ3v) is 2.01. The molecule has 0 saturated carbocycles. The minimum Gasteiger partial charge on any atom is -0.504 e. The second-order valence-electron chi connectivity index (χ2n) is 3.61. The molecule has 0 heterocycles. The predicted molar refractivity (Wildman–Crippen MR) is 58.6 cm³/mol. The zero-order valence-electron chi connectivity index (χ0n) is 9.30. The van der Waals surface area contributed by atoms with Crippen molar-refractivity contribution >= 4 is 5.97 Å². The molecule has 0 aromatic heterocycles. The van der Waals surface area contributed by atoms with Gasteiger partial charge in [-0.15, -0.1) is 0 Å². The summed E-state index contributed by atoms with van der Waals surface area (Å²) in [7, 11) is 3.72. The van der Waals surface area contributed by atoms with Crippen LogP contribution < -0.4 is 0 Å². The standard InChI is InChI=1S/C11H15NO4/c1-12(2)6-7-16-11(15)8-4-3-5-9(13)10(8)14/h3-5,13-14H,6-7H2,1-2H3. The summed E-state index contributed by atoms with van der Waals surface area (Å²) in [5.41, 5.74) is -0.0289. The van der Waals surface area contributed by atoms with Crippen molar-refractivity contribution in [3.8, 4) is 11.5 Å². The van der Waals surface area contributed by atoms with Crippen molar-refractivity contribution in [1.29, 1.82) is 0 Å². The van der Waals surface area contributed by atoms with Gasteiger partial charge in [0.25, 0.3) is 0 Å². The Morgan fingerprint density at radius 2 is 2.06 bits per heavy atom. The Kier molecular flexibility index (Phi) is 4.13. The van der Waals surface area contributed by atoms with Crippen LogP contribution in [0.5, 0.6) is 11.5 Å². The number of phenols is 2. The number of phenolic OH excluding ortho intramolecular Hbond substituents is 2. The van der Waals surface area contributed by atoms with Gasteiger partial charge >= 0.3 is 5.97 Å². The highest BCUT2D eigenvalue weighted by Gasteiger charge is 2.14.